The summed E-state index contributed by atoms with van der Waals surface area (Å²) in [6.07, 6.45) is -0.756. The van der Waals surface area contributed by atoms with Crippen molar-refractivity contribution >= 4 is 11.0 Å². The first-order valence-electron chi connectivity index (χ1n) is 6.49. The van der Waals surface area contributed by atoms with Crippen molar-refractivity contribution in [2.75, 3.05) is 7.11 Å². The van der Waals surface area contributed by atoms with Crippen LogP contribution >= 0.6 is 0 Å². The monoisotopic (exact) mass is 268 g/mol. The second kappa shape index (κ2) is 5.02. The molecule has 20 heavy (non-hydrogen) atoms. The van der Waals surface area contributed by atoms with E-state index >= 15 is 0 Å². The number of fused-ring (bicyclic) bond motifs is 1. The highest BCUT2D eigenvalue weighted by Crippen LogP contribution is 2.30. The van der Waals surface area contributed by atoms with Crippen LogP contribution < -0.4 is 4.74 Å². The van der Waals surface area contributed by atoms with Gasteiger partial charge >= 0.3 is 0 Å². The lowest BCUT2D eigenvalue weighted by atomic mass is 10.1. The molecule has 0 aliphatic rings. The van der Waals surface area contributed by atoms with Crippen LogP contribution in [0.1, 0.15) is 23.0 Å². The summed E-state index contributed by atoms with van der Waals surface area (Å²) < 4.78 is 10.9. The smallest absolute Gasteiger partial charge is 0.138 e. The van der Waals surface area contributed by atoms with Crippen molar-refractivity contribution in [2.45, 2.75) is 13.0 Å². The van der Waals surface area contributed by atoms with E-state index in [4.69, 9.17) is 9.15 Å². The number of hydrogen-bond acceptors (Lipinski definition) is 3. The zero-order chi connectivity index (χ0) is 14.1. The van der Waals surface area contributed by atoms with Crippen molar-refractivity contribution in [3.8, 4) is 5.75 Å². The number of rotatable bonds is 3. The van der Waals surface area contributed by atoms with Crippen LogP contribution in [0.2, 0.25) is 0 Å². The Bertz CT molecular complexity index is 726. The number of aryl methyl sites for hydroxylation is 1. The molecule has 102 valence electrons. The van der Waals surface area contributed by atoms with Crippen molar-refractivity contribution in [1.82, 2.24) is 0 Å². The van der Waals surface area contributed by atoms with E-state index in [9.17, 15) is 5.11 Å². The van der Waals surface area contributed by atoms with Gasteiger partial charge in [0, 0.05) is 11.5 Å². The summed E-state index contributed by atoms with van der Waals surface area (Å²) in [6.45, 7) is 2.02. The average Bonchev–Trinajstić information content (AvgIpc) is 2.90. The molecule has 3 aromatic rings. The van der Waals surface area contributed by atoms with E-state index in [0.717, 1.165) is 22.3 Å². The Morgan fingerprint density at radius 1 is 1.05 bits per heavy atom. The zero-order valence-corrected chi connectivity index (χ0v) is 11.5. The van der Waals surface area contributed by atoms with Gasteiger partial charge in [0.2, 0.25) is 0 Å². The van der Waals surface area contributed by atoms with Gasteiger partial charge in [-0.1, -0.05) is 29.8 Å². The normalized spacial score (nSPS) is 12.6. The lowest BCUT2D eigenvalue weighted by molar-refractivity contribution is 0.192. The van der Waals surface area contributed by atoms with E-state index < -0.39 is 6.10 Å². The summed E-state index contributed by atoms with van der Waals surface area (Å²) in [7, 11) is 1.62. The summed E-state index contributed by atoms with van der Waals surface area (Å²) in [4.78, 5) is 0. The first kappa shape index (κ1) is 12.8. The predicted molar refractivity (Wildman–Crippen MR) is 78.0 cm³/mol. The third-order valence-corrected chi connectivity index (χ3v) is 3.41. The number of aliphatic hydroxyl groups excluding tert-OH is 1. The molecule has 3 rings (SSSR count). The van der Waals surface area contributed by atoms with E-state index in [0.29, 0.717) is 11.3 Å². The molecule has 0 radical (unpaired) electrons. The first-order chi connectivity index (χ1) is 9.67. The van der Waals surface area contributed by atoms with Gasteiger partial charge in [0.25, 0.3) is 0 Å². The highest BCUT2D eigenvalue weighted by atomic mass is 16.5. The molecule has 1 atom stereocenters. The zero-order valence-electron chi connectivity index (χ0n) is 11.5. The highest BCUT2D eigenvalue weighted by molar-refractivity contribution is 5.79. The Balaban J connectivity index is 1.98. The SMILES string of the molecule is COc1ccc2cc(C(O)c3ccc(C)cc3)oc2c1. The van der Waals surface area contributed by atoms with Crippen LogP contribution in [0.5, 0.6) is 5.75 Å². The molecule has 3 nitrogen and oxygen atoms in total. The third-order valence-electron chi connectivity index (χ3n) is 3.41. The van der Waals surface area contributed by atoms with Crippen LogP contribution in [0.3, 0.4) is 0 Å². The molecule has 0 saturated carbocycles. The van der Waals surface area contributed by atoms with Crippen molar-refractivity contribution in [1.29, 1.82) is 0 Å². The maximum absolute atomic E-state index is 10.4. The highest BCUT2D eigenvalue weighted by Gasteiger charge is 2.15. The molecule has 1 unspecified atom stereocenters. The lowest BCUT2D eigenvalue weighted by Gasteiger charge is -2.07. The Kier molecular flexibility index (Phi) is 3.20. The molecular formula is C17H16O3. The summed E-state index contributed by atoms with van der Waals surface area (Å²) in [5, 5.41) is 11.3. The maximum Gasteiger partial charge on any atom is 0.138 e. The minimum absolute atomic E-state index is 0.539. The van der Waals surface area contributed by atoms with Gasteiger partial charge < -0.3 is 14.3 Å². The van der Waals surface area contributed by atoms with Gasteiger partial charge in [-0.2, -0.15) is 0 Å². The molecule has 0 bridgehead atoms. The molecule has 2 aromatic carbocycles. The summed E-state index contributed by atoms with van der Waals surface area (Å²) in [6, 6.07) is 15.2. The van der Waals surface area contributed by atoms with E-state index in [1.54, 1.807) is 7.11 Å². The minimum Gasteiger partial charge on any atom is -0.497 e. The van der Waals surface area contributed by atoms with Crippen molar-refractivity contribution in [2.24, 2.45) is 0 Å². The van der Waals surface area contributed by atoms with Crippen molar-refractivity contribution < 1.29 is 14.3 Å². The molecule has 1 N–H and O–H groups in total. The molecule has 0 aliphatic carbocycles. The second-order valence-electron chi connectivity index (χ2n) is 4.87. The van der Waals surface area contributed by atoms with Crippen LogP contribution in [-0.4, -0.2) is 12.2 Å². The fourth-order valence-corrected chi connectivity index (χ4v) is 2.21. The average molecular weight is 268 g/mol. The van der Waals surface area contributed by atoms with Gasteiger partial charge in [-0.3, -0.25) is 0 Å². The lowest BCUT2D eigenvalue weighted by Crippen LogP contribution is -1.97. The number of aliphatic hydroxyl groups is 1. The van der Waals surface area contributed by atoms with Crippen LogP contribution in [0.4, 0.5) is 0 Å². The van der Waals surface area contributed by atoms with Gasteiger partial charge in [0.1, 0.15) is 23.2 Å². The number of benzene rings is 2. The van der Waals surface area contributed by atoms with Crippen LogP contribution in [0, 0.1) is 6.92 Å². The van der Waals surface area contributed by atoms with E-state index in [-0.39, 0.29) is 0 Å². The third kappa shape index (κ3) is 2.28. The van der Waals surface area contributed by atoms with E-state index in [1.807, 2.05) is 55.5 Å². The molecule has 1 aromatic heterocycles. The van der Waals surface area contributed by atoms with Crippen molar-refractivity contribution in [3.05, 3.63) is 65.4 Å². The van der Waals surface area contributed by atoms with Crippen LogP contribution in [-0.2, 0) is 0 Å². The Morgan fingerprint density at radius 3 is 2.50 bits per heavy atom. The van der Waals surface area contributed by atoms with Gasteiger partial charge in [0.15, 0.2) is 0 Å². The number of furan rings is 1. The minimum atomic E-state index is -0.756. The Labute approximate surface area is 117 Å². The molecule has 0 amide bonds. The van der Waals surface area contributed by atoms with Crippen LogP contribution in [0.25, 0.3) is 11.0 Å². The van der Waals surface area contributed by atoms with Gasteiger partial charge in [-0.25, -0.2) is 0 Å². The largest absolute Gasteiger partial charge is 0.497 e. The van der Waals surface area contributed by atoms with Gasteiger partial charge in [-0.05, 0) is 30.7 Å². The molecule has 0 spiro atoms. The maximum atomic E-state index is 10.4. The Morgan fingerprint density at radius 2 is 1.80 bits per heavy atom. The molecule has 0 aliphatic heterocycles. The summed E-state index contributed by atoms with van der Waals surface area (Å²) in [5.41, 5.74) is 2.70. The van der Waals surface area contributed by atoms with Crippen molar-refractivity contribution in [3.63, 3.8) is 0 Å². The Hall–Kier alpha value is -2.26. The first-order valence-corrected chi connectivity index (χ1v) is 6.49. The molecule has 0 fully saturated rings. The molecule has 1 heterocycles. The number of methoxy groups -OCH3 is 1. The topological polar surface area (TPSA) is 42.6 Å². The number of hydrogen-bond donors (Lipinski definition) is 1. The molecule has 3 heteroatoms. The fraction of sp³-hybridized carbons (Fsp3) is 0.176. The van der Waals surface area contributed by atoms with Gasteiger partial charge in [-0.15, -0.1) is 0 Å². The second-order valence-corrected chi connectivity index (χ2v) is 4.87. The predicted octanol–water partition coefficient (Wildman–Crippen LogP) is 3.83. The summed E-state index contributed by atoms with van der Waals surface area (Å²) >= 11 is 0. The van der Waals surface area contributed by atoms with E-state index in [1.165, 1.54) is 0 Å². The van der Waals surface area contributed by atoms with Gasteiger partial charge in [0.05, 0.1) is 7.11 Å². The number of ether oxygens (including phenoxy) is 1. The van der Waals surface area contributed by atoms with E-state index in [2.05, 4.69) is 0 Å². The van der Waals surface area contributed by atoms with Crippen LogP contribution in [0.15, 0.2) is 52.9 Å². The fourth-order valence-electron chi connectivity index (χ4n) is 2.21. The standard InChI is InChI=1S/C17H16O3/c1-11-3-5-12(6-4-11)17(18)16-9-13-7-8-14(19-2)10-15(13)20-16/h3-10,17-18H,1-2H3. The molecule has 0 saturated heterocycles. The quantitative estimate of drug-likeness (QED) is 0.785. The molecular weight excluding hydrogens is 252 g/mol. The summed E-state index contributed by atoms with van der Waals surface area (Å²) in [5.74, 6) is 1.28.